The van der Waals surface area contributed by atoms with Crippen LogP contribution in [0.2, 0.25) is 0 Å². The maximum atomic E-state index is 15.0. The van der Waals surface area contributed by atoms with Gasteiger partial charge < -0.3 is 15.0 Å². The Balaban J connectivity index is 1.38. The summed E-state index contributed by atoms with van der Waals surface area (Å²) in [7, 11) is 0. The van der Waals surface area contributed by atoms with Gasteiger partial charge in [-0.3, -0.25) is 19.5 Å². The maximum Gasteiger partial charge on any atom is 0.414 e. The van der Waals surface area contributed by atoms with Crippen LogP contribution in [0.1, 0.15) is 12.6 Å². The Bertz CT molecular complexity index is 961. The highest BCUT2D eigenvalue weighted by Crippen LogP contribution is 2.28. The lowest BCUT2D eigenvalue weighted by molar-refractivity contribution is -0.155. The van der Waals surface area contributed by atoms with Crippen LogP contribution >= 0.6 is 0 Å². The summed E-state index contributed by atoms with van der Waals surface area (Å²) < 4.78 is 20.3. The van der Waals surface area contributed by atoms with Gasteiger partial charge in [0, 0.05) is 32.8 Å². The molecular formula is C22H26FN5O4. The number of nitrogens with one attached hydrogen (secondary N) is 1. The Kier molecular flexibility index (Phi) is 6.81. The number of pyridine rings is 1. The van der Waals surface area contributed by atoms with Crippen molar-refractivity contribution < 1.29 is 23.6 Å². The van der Waals surface area contributed by atoms with Gasteiger partial charge in [-0.05, 0) is 30.3 Å². The average molecular weight is 443 g/mol. The molecular weight excluding hydrogens is 417 g/mol. The number of cyclic esters (lactones) is 1. The maximum absolute atomic E-state index is 15.0. The van der Waals surface area contributed by atoms with Crippen LogP contribution in [0.25, 0.3) is 0 Å². The molecule has 2 aromatic rings. The number of benzene rings is 1. The van der Waals surface area contributed by atoms with Gasteiger partial charge in [0.15, 0.2) is 0 Å². The van der Waals surface area contributed by atoms with Crippen molar-refractivity contribution in [2.75, 3.05) is 49.1 Å². The first kappa shape index (κ1) is 22.0. The zero-order valence-corrected chi connectivity index (χ0v) is 17.9. The third kappa shape index (κ3) is 5.32. The first-order chi connectivity index (χ1) is 15.5. The molecule has 2 aliphatic rings. The zero-order valence-electron chi connectivity index (χ0n) is 17.9. The van der Waals surface area contributed by atoms with Crippen LogP contribution in [-0.2, 0) is 20.9 Å². The fourth-order valence-electron chi connectivity index (χ4n) is 3.74. The molecule has 4 rings (SSSR count). The van der Waals surface area contributed by atoms with Gasteiger partial charge in [-0.25, -0.2) is 9.18 Å². The number of ether oxygens (including phenoxy) is 1. The Morgan fingerprint density at radius 1 is 1.25 bits per heavy atom. The lowest BCUT2D eigenvalue weighted by Crippen LogP contribution is -2.33. The summed E-state index contributed by atoms with van der Waals surface area (Å²) in [6.07, 6.45) is 0.719. The van der Waals surface area contributed by atoms with Gasteiger partial charge in [0.25, 0.3) is 0 Å². The molecule has 1 N–H and O–H groups in total. The first-order valence-electron chi connectivity index (χ1n) is 10.5. The van der Waals surface area contributed by atoms with Crippen LogP contribution in [0.5, 0.6) is 0 Å². The van der Waals surface area contributed by atoms with E-state index in [1.165, 1.54) is 17.9 Å². The minimum absolute atomic E-state index is 0.199. The largest absolute Gasteiger partial charge is 0.442 e. The Morgan fingerprint density at radius 3 is 2.88 bits per heavy atom. The molecule has 170 valence electrons. The number of halogens is 1. The standard InChI is InChI=1S/C22H26FN5O4/c1-16(29)25-13-19-15-28(22(30)32-19)18-5-6-21(20(23)12-18)26-8-9-27(31-11-10-26)14-17-4-2-3-7-24-17/h2-7,12,19H,8-11,13-15H2,1H3,(H,25,29)/t19-/m0/s1. The van der Waals surface area contributed by atoms with Gasteiger partial charge in [-0.1, -0.05) is 6.07 Å². The van der Waals surface area contributed by atoms with Crippen molar-refractivity contribution in [1.82, 2.24) is 15.4 Å². The number of amides is 2. The SMILES string of the molecule is CC(=O)NC[C@H]1CN(c2ccc(N3CCON(Cc4ccccn4)CC3)c(F)c2)C(=O)O1. The molecule has 0 bridgehead atoms. The third-order valence-electron chi connectivity index (χ3n) is 5.36. The summed E-state index contributed by atoms with van der Waals surface area (Å²) in [4.78, 5) is 36.7. The number of aromatic nitrogens is 1. The number of carbonyl (C=O) groups excluding carboxylic acids is 2. The Morgan fingerprint density at radius 2 is 2.12 bits per heavy atom. The van der Waals surface area contributed by atoms with Crippen molar-refractivity contribution in [2.45, 2.75) is 19.6 Å². The minimum atomic E-state index is -0.555. The molecule has 9 nitrogen and oxygen atoms in total. The summed E-state index contributed by atoms with van der Waals surface area (Å²) in [5.74, 6) is -0.617. The van der Waals surface area contributed by atoms with Crippen molar-refractivity contribution in [3.8, 4) is 0 Å². The summed E-state index contributed by atoms with van der Waals surface area (Å²) in [6.45, 7) is 4.59. The molecule has 0 spiro atoms. The first-order valence-corrected chi connectivity index (χ1v) is 10.5. The fourth-order valence-corrected chi connectivity index (χ4v) is 3.74. The van der Waals surface area contributed by atoms with E-state index in [-0.39, 0.29) is 19.0 Å². The summed E-state index contributed by atoms with van der Waals surface area (Å²) in [5.41, 5.74) is 1.79. The molecule has 2 amide bonds. The van der Waals surface area contributed by atoms with Crippen LogP contribution in [-0.4, -0.2) is 67.5 Å². The van der Waals surface area contributed by atoms with E-state index in [1.807, 2.05) is 28.2 Å². The van der Waals surface area contributed by atoms with Gasteiger partial charge in [0.05, 0.1) is 43.3 Å². The molecule has 0 aliphatic carbocycles. The number of anilines is 2. The molecule has 0 saturated carbocycles. The molecule has 2 fully saturated rings. The van der Waals surface area contributed by atoms with Crippen LogP contribution < -0.4 is 15.1 Å². The quantitative estimate of drug-likeness (QED) is 0.730. The molecule has 0 radical (unpaired) electrons. The van der Waals surface area contributed by atoms with Gasteiger partial charge >= 0.3 is 6.09 Å². The van der Waals surface area contributed by atoms with Gasteiger partial charge in [0.2, 0.25) is 5.91 Å². The van der Waals surface area contributed by atoms with Gasteiger partial charge in [-0.2, -0.15) is 5.06 Å². The van der Waals surface area contributed by atoms with Crippen LogP contribution in [0.15, 0.2) is 42.6 Å². The predicted molar refractivity (Wildman–Crippen MR) is 116 cm³/mol. The molecule has 2 aliphatic heterocycles. The molecule has 0 unspecified atom stereocenters. The van der Waals surface area contributed by atoms with E-state index in [2.05, 4.69) is 10.3 Å². The van der Waals surface area contributed by atoms with Gasteiger partial charge in [0.1, 0.15) is 11.9 Å². The van der Waals surface area contributed by atoms with E-state index in [0.717, 1.165) is 5.69 Å². The fraction of sp³-hybridized carbons (Fsp3) is 0.409. The molecule has 10 heteroatoms. The summed E-state index contributed by atoms with van der Waals surface area (Å²) in [5, 5.41) is 4.46. The highest BCUT2D eigenvalue weighted by atomic mass is 19.1. The molecule has 1 aromatic carbocycles. The number of hydrogen-bond donors (Lipinski definition) is 1. The molecule has 1 atom stereocenters. The van der Waals surface area contributed by atoms with E-state index >= 15 is 4.39 Å². The van der Waals surface area contributed by atoms with Crippen molar-refractivity contribution >= 4 is 23.4 Å². The van der Waals surface area contributed by atoms with Crippen molar-refractivity contribution in [1.29, 1.82) is 0 Å². The van der Waals surface area contributed by atoms with E-state index in [4.69, 9.17) is 9.57 Å². The second-order valence-electron chi connectivity index (χ2n) is 7.69. The van der Waals surface area contributed by atoms with Crippen molar-refractivity contribution in [3.05, 3.63) is 54.1 Å². The number of carbonyl (C=O) groups is 2. The molecule has 32 heavy (non-hydrogen) atoms. The Labute approximate surface area is 185 Å². The summed E-state index contributed by atoms with van der Waals surface area (Å²) in [6, 6.07) is 10.5. The van der Waals surface area contributed by atoms with E-state index < -0.39 is 18.0 Å². The number of rotatable bonds is 6. The highest BCUT2D eigenvalue weighted by Gasteiger charge is 2.33. The van der Waals surface area contributed by atoms with Crippen LogP contribution in [0.4, 0.5) is 20.6 Å². The number of hydrogen-bond acceptors (Lipinski definition) is 7. The van der Waals surface area contributed by atoms with Crippen LogP contribution in [0, 0.1) is 5.82 Å². The van der Waals surface area contributed by atoms with E-state index in [1.54, 1.807) is 18.3 Å². The number of hydroxylamine groups is 2. The third-order valence-corrected chi connectivity index (χ3v) is 5.36. The lowest BCUT2D eigenvalue weighted by Gasteiger charge is -2.24. The van der Waals surface area contributed by atoms with Crippen molar-refractivity contribution in [2.24, 2.45) is 0 Å². The minimum Gasteiger partial charge on any atom is -0.442 e. The van der Waals surface area contributed by atoms with Gasteiger partial charge in [-0.15, -0.1) is 0 Å². The topological polar surface area (TPSA) is 87.2 Å². The molecule has 3 heterocycles. The average Bonchev–Trinajstić information content (AvgIpc) is 3.00. The number of nitrogens with zero attached hydrogens (tertiary/aromatic N) is 4. The monoisotopic (exact) mass is 443 g/mol. The summed E-state index contributed by atoms with van der Waals surface area (Å²) >= 11 is 0. The normalized spacial score (nSPS) is 19.6. The van der Waals surface area contributed by atoms with Crippen LogP contribution in [0.3, 0.4) is 0 Å². The van der Waals surface area contributed by atoms with E-state index in [0.29, 0.717) is 44.2 Å². The Hall–Kier alpha value is -3.24. The predicted octanol–water partition coefficient (Wildman–Crippen LogP) is 1.94. The zero-order chi connectivity index (χ0) is 22.5. The molecule has 1 aromatic heterocycles. The second-order valence-corrected chi connectivity index (χ2v) is 7.69. The van der Waals surface area contributed by atoms with Crippen molar-refractivity contribution in [3.63, 3.8) is 0 Å². The molecule has 2 saturated heterocycles. The second kappa shape index (κ2) is 9.92. The highest BCUT2D eigenvalue weighted by molar-refractivity contribution is 5.90. The lowest BCUT2D eigenvalue weighted by atomic mass is 10.2. The van der Waals surface area contributed by atoms with E-state index in [9.17, 15) is 9.59 Å². The smallest absolute Gasteiger partial charge is 0.414 e.